The SMILES string of the molecule is CN=C(NCc1nc(C)c(C)o1)NCc1ccc(C)cc1OCC1CCOC1. The maximum absolute atomic E-state index is 6.11. The van der Waals surface area contributed by atoms with Gasteiger partial charge in [-0.2, -0.15) is 0 Å². The van der Waals surface area contributed by atoms with Crippen molar-refractivity contribution in [2.24, 2.45) is 10.9 Å². The lowest BCUT2D eigenvalue weighted by molar-refractivity contribution is 0.166. The maximum Gasteiger partial charge on any atom is 0.214 e. The molecule has 1 fully saturated rings. The second-order valence-electron chi connectivity index (χ2n) is 7.18. The quantitative estimate of drug-likeness (QED) is 0.563. The fraction of sp³-hybridized carbons (Fsp3) is 0.524. The Labute approximate surface area is 166 Å². The largest absolute Gasteiger partial charge is 0.493 e. The van der Waals surface area contributed by atoms with Crippen LogP contribution in [-0.2, 0) is 17.8 Å². The van der Waals surface area contributed by atoms with E-state index in [0.717, 1.165) is 42.4 Å². The molecule has 1 atom stereocenters. The number of hydrogen-bond donors (Lipinski definition) is 2. The Morgan fingerprint density at radius 3 is 2.75 bits per heavy atom. The first kappa shape index (κ1) is 20.2. The van der Waals surface area contributed by atoms with E-state index < -0.39 is 0 Å². The van der Waals surface area contributed by atoms with E-state index in [1.807, 2.05) is 13.8 Å². The van der Waals surface area contributed by atoms with E-state index in [9.17, 15) is 0 Å². The van der Waals surface area contributed by atoms with Crippen LogP contribution in [0.25, 0.3) is 0 Å². The van der Waals surface area contributed by atoms with Crippen LogP contribution in [0.15, 0.2) is 27.6 Å². The molecule has 1 unspecified atom stereocenters. The van der Waals surface area contributed by atoms with Crippen molar-refractivity contribution in [2.75, 3.05) is 26.9 Å². The molecule has 28 heavy (non-hydrogen) atoms. The number of oxazole rings is 1. The van der Waals surface area contributed by atoms with Crippen LogP contribution in [0.1, 0.15) is 34.9 Å². The van der Waals surface area contributed by atoms with E-state index in [4.69, 9.17) is 13.9 Å². The van der Waals surface area contributed by atoms with Crippen LogP contribution in [0.3, 0.4) is 0 Å². The van der Waals surface area contributed by atoms with E-state index in [1.165, 1.54) is 5.56 Å². The minimum absolute atomic E-state index is 0.475. The van der Waals surface area contributed by atoms with Crippen molar-refractivity contribution >= 4 is 5.96 Å². The fourth-order valence-corrected chi connectivity index (χ4v) is 3.04. The van der Waals surface area contributed by atoms with Crippen molar-refractivity contribution in [2.45, 2.75) is 40.3 Å². The molecule has 0 spiro atoms. The van der Waals surface area contributed by atoms with Crippen LogP contribution < -0.4 is 15.4 Å². The molecule has 0 bridgehead atoms. The molecule has 152 valence electrons. The molecule has 2 heterocycles. The molecule has 1 aliphatic rings. The van der Waals surface area contributed by atoms with Gasteiger partial charge in [-0.3, -0.25) is 4.99 Å². The predicted molar refractivity (Wildman–Crippen MR) is 109 cm³/mol. The summed E-state index contributed by atoms with van der Waals surface area (Å²) in [5.74, 6) is 3.56. The van der Waals surface area contributed by atoms with E-state index >= 15 is 0 Å². The number of rotatable bonds is 7. The Bertz CT molecular complexity index is 790. The zero-order valence-electron chi connectivity index (χ0n) is 17.2. The number of guanidine groups is 1. The van der Waals surface area contributed by atoms with Crippen LogP contribution in [0.4, 0.5) is 0 Å². The van der Waals surface area contributed by atoms with Gasteiger partial charge in [0.25, 0.3) is 0 Å². The average Bonchev–Trinajstić information content (AvgIpc) is 3.31. The molecule has 0 saturated carbocycles. The second kappa shape index (κ2) is 9.59. The Balaban J connectivity index is 1.55. The third-order valence-corrected chi connectivity index (χ3v) is 4.87. The molecule has 0 radical (unpaired) electrons. The number of nitrogens with zero attached hydrogens (tertiary/aromatic N) is 2. The second-order valence-corrected chi connectivity index (χ2v) is 7.18. The van der Waals surface area contributed by atoms with Crippen molar-refractivity contribution in [3.63, 3.8) is 0 Å². The summed E-state index contributed by atoms with van der Waals surface area (Å²) in [6.07, 6.45) is 1.07. The smallest absolute Gasteiger partial charge is 0.214 e. The van der Waals surface area contributed by atoms with Crippen LogP contribution in [0, 0.1) is 26.7 Å². The summed E-state index contributed by atoms with van der Waals surface area (Å²) in [6, 6.07) is 6.27. The third-order valence-electron chi connectivity index (χ3n) is 4.87. The molecule has 0 amide bonds. The van der Waals surface area contributed by atoms with Crippen LogP contribution in [0.5, 0.6) is 5.75 Å². The molecule has 7 heteroatoms. The van der Waals surface area contributed by atoms with Gasteiger partial charge in [0.2, 0.25) is 5.89 Å². The minimum atomic E-state index is 0.475. The first-order valence-corrected chi connectivity index (χ1v) is 9.72. The topological polar surface area (TPSA) is 80.9 Å². The molecule has 2 aromatic rings. The van der Waals surface area contributed by atoms with E-state index in [-0.39, 0.29) is 0 Å². The average molecular weight is 386 g/mol. The van der Waals surface area contributed by atoms with Crippen molar-refractivity contribution < 1.29 is 13.9 Å². The molecule has 1 saturated heterocycles. The Morgan fingerprint density at radius 2 is 2.07 bits per heavy atom. The lowest BCUT2D eigenvalue weighted by Gasteiger charge is -2.16. The van der Waals surface area contributed by atoms with Gasteiger partial charge in [-0.1, -0.05) is 12.1 Å². The van der Waals surface area contributed by atoms with Gasteiger partial charge in [0.05, 0.1) is 25.5 Å². The van der Waals surface area contributed by atoms with Gasteiger partial charge in [-0.25, -0.2) is 4.98 Å². The highest BCUT2D eigenvalue weighted by Gasteiger charge is 2.17. The predicted octanol–water partition coefficient (Wildman–Crippen LogP) is 2.88. The lowest BCUT2D eigenvalue weighted by Crippen LogP contribution is -2.36. The molecule has 1 aliphatic heterocycles. The summed E-state index contributed by atoms with van der Waals surface area (Å²) in [4.78, 5) is 8.65. The standard InChI is InChI=1S/C21H30N4O3/c1-14-5-6-18(19(9-14)27-13-17-7-8-26-12-17)10-23-21(22-4)24-11-20-25-15(2)16(3)28-20/h5-6,9,17H,7-8,10-13H2,1-4H3,(H2,22,23,24). The first-order valence-electron chi connectivity index (χ1n) is 9.72. The Morgan fingerprint density at radius 1 is 1.25 bits per heavy atom. The third kappa shape index (κ3) is 5.48. The van der Waals surface area contributed by atoms with E-state index in [0.29, 0.717) is 37.5 Å². The molecule has 7 nitrogen and oxygen atoms in total. The molecular formula is C21H30N4O3. The van der Waals surface area contributed by atoms with E-state index in [1.54, 1.807) is 7.05 Å². The van der Waals surface area contributed by atoms with Crippen molar-refractivity contribution in [3.8, 4) is 5.75 Å². The Kier molecular flexibility index (Phi) is 6.92. The molecule has 0 aliphatic carbocycles. The number of aryl methyl sites for hydroxylation is 3. The summed E-state index contributed by atoms with van der Waals surface area (Å²) >= 11 is 0. The Hall–Kier alpha value is -2.54. The number of aromatic nitrogens is 1. The van der Waals surface area contributed by atoms with Gasteiger partial charge in [0.15, 0.2) is 5.96 Å². The molecule has 1 aromatic carbocycles. The van der Waals surface area contributed by atoms with Gasteiger partial charge in [-0.05, 0) is 38.8 Å². The molecular weight excluding hydrogens is 356 g/mol. The molecule has 3 rings (SSSR count). The number of benzene rings is 1. The summed E-state index contributed by atoms with van der Waals surface area (Å²) in [7, 11) is 1.74. The van der Waals surface area contributed by atoms with Crippen LogP contribution in [0.2, 0.25) is 0 Å². The highest BCUT2D eigenvalue weighted by molar-refractivity contribution is 5.79. The van der Waals surface area contributed by atoms with Crippen molar-refractivity contribution in [1.82, 2.24) is 15.6 Å². The maximum atomic E-state index is 6.11. The van der Waals surface area contributed by atoms with Crippen molar-refractivity contribution in [3.05, 3.63) is 46.7 Å². The van der Waals surface area contributed by atoms with Gasteiger partial charge >= 0.3 is 0 Å². The van der Waals surface area contributed by atoms with Crippen molar-refractivity contribution in [1.29, 1.82) is 0 Å². The lowest BCUT2D eigenvalue weighted by atomic mass is 10.1. The van der Waals surface area contributed by atoms with E-state index in [2.05, 4.69) is 45.7 Å². The number of hydrogen-bond acceptors (Lipinski definition) is 5. The fourth-order valence-electron chi connectivity index (χ4n) is 3.04. The van der Waals surface area contributed by atoms with Crippen LogP contribution in [-0.4, -0.2) is 37.8 Å². The summed E-state index contributed by atoms with van der Waals surface area (Å²) in [5, 5.41) is 6.56. The summed E-state index contributed by atoms with van der Waals surface area (Å²) in [5.41, 5.74) is 3.18. The zero-order valence-corrected chi connectivity index (χ0v) is 17.2. The normalized spacial score (nSPS) is 17.0. The minimum Gasteiger partial charge on any atom is -0.493 e. The van der Waals surface area contributed by atoms with Gasteiger partial charge < -0.3 is 24.5 Å². The first-order chi connectivity index (χ1) is 13.5. The number of aliphatic imine (C=N–C) groups is 1. The van der Waals surface area contributed by atoms with Gasteiger partial charge in [0.1, 0.15) is 11.5 Å². The number of ether oxygens (including phenoxy) is 2. The highest BCUT2D eigenvalue weighted by Crippen LogP contribution is 2.22. The number of nitrogens with one attached hydrogen (secondary N) is 2. The summed E-state index contributed by atoms with van der Waals surface area (Å²) in [6.45, 7) is 9.32. The van der Waals surface area contributed by atoms with Crippen LogP contribution >= 0.6 is 0 Å². The zero-order chi connectivity index (χ0) is 19.9. The highest BCUT2D eigenvalue weighted by atomic mass is 16.5. The van der Waals surface area contributed by atoms with Gasteiger partial charge in [-0.15, -0.1) is 0 Å². The molecule has 2 N–H and O–H groups in total. The molecule has 1 aromatic heterocycles. The van der Waals surface area contributed by atoms with Gasteiger partial charge in [0, 0.05) is 31.7 Å². The summed E-state index contributed by atoms with van der Waals surface area (Å²) < 4.78 is 17.1. The monoisotopic (exact) mass is 386 g/mol.